The maximum absolute atomic E-state index is 11.8. The normalized spacial score (nSPS) is 27.9. The monoisotopic (exact) mass is 242 g/mol. The van der Waals surface area contributed by atoms with Gasteiger partial charge in [0, 0.05) is 18.5 Å². The Morgan fingerprint density at radius 2 is 2.12 bits per heavy atom. The summed E-state index contributed by atoms with van der Waals surface area (Å²) in [6.07, 6.45) is 4.63. The third-order valence-electron chi connectivity index (χ3n) is 3.52. The Morgan fingerprint density at radius 1 is 1.35 bits per heavy atom. The van der Waals surface area contributed by atoms with Gasteiger partial charge in [-0.05, 0) is 12.8 Å². The summed E-state index contributed by atoms with van der Waals surface area (Å²) in [5.74, 6) is 0.0311. The van der Waals surface area contributed by atoms with Gasteiger partial charge in [0.2, 0.25) is 5.91 Å². The Morgan fingerprint density at radius 3 is 2.76 bits per heavy atom. The first kappa shape index (κ1) is 12.8. The van der Waals surface area contributed by atoms with Crippen LogP contribution in [-0.4, -0.2) is 43.9 Å². The Kier molecular flexibility index (Phi) is 4.36. The summed E-state index contributed by atoms with van der Waals surface area (Å²) in [5, 5.41) is 2.88. The van der Waals surface area contributed by atoms with E-state index in [1.54, 1.807) is 0 Å². The number of hydrogen-bond donors (Lipinski definition) is 2. The van der Waals surface area contributed by atoms with E-state index in [-0.39, 0.29) is 17.6 Å². The van der Waals surface area contributed by atoms with E-state index >= 15 is 0 Å². The van der Waals surface area contributed by atoms with Crippen LogP contribution in [0.15, 0.2) is 0 Å². The first-order chi connectivity index (χ1) is 8.18. The van der Waals surface area contributed by atoms with Crippen molar-refractivity contribution in [3.63, 3.8) is 0 Å². The Bertz CT molecular complexity index is 258. The molecule has 98 valence electrons. The van der Waals surface area contributed by atoms with E-state index in [0.29, 0.717) is 32.8 Å². The average molecular weight is 242 g/mol. The number of nitrogens with one attached hydrogen (secondary N) is 1. The Hall–Kier alpha value is -0.650. The van der Waals surface area contributed by atoms with E-state index in [1.807, 2.05) is 0 Å². The molecule has 5 nitrogen and oxygen atoms in total. The summed E-state index contributed by atoms with van der Waals surface area (Å²) in [4.78, 5) is 11.8. The topological polar surface area (TPSA) is 73.6 Å². The smallest absolute Gasteiger partial charge is 0.221 e. The molecule has 3 N–H and O–H groups in total. The van der Waals surface area contributed by atoms with Gasteiger partial charge >= 0.3 is 0 Å². The lowest BCUT2D eigenvalue weighted by molar-refractivity contribution is -0.125. The van der Waals surface area contributed by atoms with Crippen LogP contribution in [0.1, 0.15) is 32.1 Å². The molecule has 0 aromatic carbocycles. The van der Waals surface area contributed by atoms with Crippen molar-refractivity contribution < 1.29 is 14.3 Å². The highest BCUT2D eigenvalue weighted by molar-refractivity contribution is 5.77. The highest BCUT2D eigenvalue weighted by Gasteiger charge is 2.31. The molecular formula is C12H22N2O3. The van der Waals surface area contributed by atoms with Crippen molar-refractivity contribution in [3.8, 4) is 0 Å². The van der Waals surface area contributed by atoms with E-state index < -0.39 is 0 Å². The van der Waals surface area contributed by atoms with E-state index in [4.69, 9.17) is 15.2 Å². The van der Waals surface area contributed by atoms with Crippen molar-refractivity contribution in [2.75, 3.05) is 26.4 Å². The molecule has 0 aromatic rings. The molecule has 2 rings (SSSR count). The number of nitrogens with two attached hydrogens (primary N) is 1. The van der Waals surface area contributed by atoms with Crippen molar-refractivity contribution in [2.24, 2.45) is 5.73 Å². The molecule has 0 radical (unpaired) electrons. The van der Waals surface area contributed by atoms with Crippen molar-refractivity contribution >= 4 is 5.91 Å². The maximum atomic E-state index is 11.8. The highest BCUT2D eigenvalue weighted by atomic mass is 16.6. The molecule has 0 spiro atoms. The first-order valence-electron chi connectivity index (χ1n) is 6.43. The van der Waals surface area contributed by atoms with Crippen LogP contribution in [0.25, 0.3) is 0 Å². The largest absolute Gasteiger partial charge is 0.376 e. The number of hydrogen-bond acceptors (Lipinski definition) is 4. The SMILES string of the molecule is NC1(CC(=O)NCC2COCCO2)CCCC1. The molecule has 1 saturated heterocycles. The fourth-order valence-electron chi connectivity index (χ4n) is 2.52. The van der Waals surface area contributed by atoms with E-state index in [0.717, 1.165) is 25.7 Å². The summed E-state index contributed by atoms with van der Waals surface area (Å²) in [6.45, 7) is 2.35. The van der Waals surface area contributed by atoms with Crippen molar-refractivity contribution in [3.05, 3.63) is 0 Å². The number of carbonyl (C=O) groups excluding carboxylic acids is 1. The molecule has 1 amide bonds. The van der Waals surface area contributed by atoms with Crippen molar-refractivity contribution in [2.45, 2.75) is 43.7 Å². The summed E-state index contributed by atoms with van der Waals surface area (Å²) >= 11 is 0. The van der Waals surface area contributed by atoms with Crippen LogP contribution in [0.3, 0.4) is 0 Å². The molecule has 2 aliphatic rings. The predicted molar refractivity (Wildman–Crippen MR) is 63.6 cm³/mol. The molecule has 17 heavy (non-hydrogen) atoms. The van der Waals surface area contributed by atoms with Gasteiger partial charge in [-0.1, -0.05) is 12.8 Å². The van der Waals surface area contributed by atoms with Crippen LogP contribution >= 0.6 is 0 Å². The van der Waals surface area contributed by atoms with Crippen molar-refractivity contribution in [1.82, 2.24) is 5.32 Å². The van der Waals surface area contributed by atoms with Gasteiger partial charge < -0.3 is 20.5 Å². The van der Waals surface area contributed by atoms with Gasteiger partial charge in [-0.2, -0.15) is 0 Å². The van der Waals surface area contributed by atoms with Gasteiger partial charge in [0.25, 0.3) is 0 Å². The van der Waals surface area contributed by atoms with Crippen molar-refractivity contribution in [1.29, 1.82) is 0 Å². The molecule has 1 heterocycles. The fourth-order valence-corrected chi connectivity index (χ4v) is 2.52. The van der Waals surface area contributed by atoms with Gasteiger partial charge in [-0.15, -0.1) is 0 Å². The minimum atomic E-state index is -0.270. The van der Waals surface area contributed by atoms with E-state index in [1.165, 1.54) is 0 Å². The molecule has 1 aliphatic heterocycles. The zero-order valence-electron chi connectivity index (χ0n) is 10.2. The van der Waals surface area contributed by atoms with E-state index in [2.05, 4.69) is 5.32 Å². The van der Waals surface area contributed by atoms with E-state index in [9.17, 15) is 4.79 Å². The minimum Gasteiger partial charge on any atom is -0.376 e. The van der Waals surface area contributed by atoms with Crippen LogP contribution in [0.4, 0.5) is 0 Å². The molecule has 1 unspecified atom stereocenters. The standard InChI is InChI=1S/C12H22N2O3/c13-12(3-1-2-4-12)7-11(15)14-8-10-9-16-5-6-17-10/h10H,1-9,13H2,(H,14,15). The second kappa shape index (κ2) is 5.80. The molecular weight excluding hydrogens is 220 g/mol. The highest BCUT2D eigenvalue weighted by Crippen LogP contribution is 2.29. The number of ether oxygens (including phenoxy) is 2. The summed E-state index contributed by atoms with van der Waals surface area (Å²) in [5.41, 5.74) is 5.88. The van der Waals surface area contributed by atoms with Crippen LogP contribution in [0.5, 0.6) is 0 Å². The first-order valence-corrected chi connectivity index (χ1v) is 6.43. The molecule has 1 atom stereocenters. The van der Waals surface area contributed by atoms with Crippen LogP contribution in [0, 0.1) is 0 Å². The Balaban J connectivity index is 1.66. The molecule has 2 fully saturated rings. The lowest BCUT2D eigenvalue weighted by atomic mass is 9.94. The average Bonchev–Trinajstić information content (AvgIpc) is 2.74. The third kappa shape index (κ3) is 3.94. The summed E-state index contributed by atoms with van der Waals surface area (Å²) in [6, 6.07) is 0. The molecule has 1 saturated carbocycles. The lowest BCUT2D eigenvalue weighted by Gasteiger charge is -2.25. The quantitative estimate of drug-likeness (QED) is 0.737. The van der Waals surface area contributed by atoms with Gasteiger partial charge in [0.15, 0.2) is 0 Å². The maximum Gasteiger partial charge on any atom is 0.221 e. The lowest BCUT2D eigenvalue weighted by Crippen LogP contribution is -2.45. The van der Waals surface area contributed by atoms with Crippen LogP contribution in [-0.2, 0) is 14.3 Å². The molecule has 0 aromatic heterocycles. The fraction of sp³-hybridized carbons (Fsp3) is 0.917. The third-order valence-corrected chi connectivity index (χ3v) is 3.52. The second-order valence-electron chi connectivity index (χ2n) is 5.12. The predicted octanol–water partition coefficient (Wildman–Crippen LogP) is 0.180. The minimum absolute atomic E-state index is 0.00926. The second-order valence-corrected chi connectivity index (χ2v) is 5.12. The number of rotatable bonds is 4. The molecule has 5 heteroatoms. The zero-order chi connectivity index (χ0) is 12.1. The van der Waals surface area contributed by atoms with Gasteiger partial charge in [0.05, 0.1) is 25.9 Å². The zero-order valence-corrected chi connectivity index (χ0v) is 10.2. The summed E-state index contributed by atoms with van der Waals surface area (Å²) < 4.78 is 10.7. The van der Waals surface area contributed by atoms with Gasteiger partial charge in [0.1, 0.15) is 0 Å². The number of amides is 1. The van der Waals surface area contributed by atoms with Gasteiger partial charge in [-0.3, -0.25) is 4.79 Å². The molecule has 0 bridgehead atoms. The Labute approximate surface area is 102 Å². The molecule has 1 aliphatic carbocycles. The van der Waals surface area contributed by atoms with Gasteiger partial charge in [-0.25, -0.2) is 0 Å². The number of carbonyl (C=O) groups is 1. The summed E-state index contributed by atoms with van der Waals surface area (Å²) in [7, 11) is 0. The van der Waals surface area contributed by atoms with Crippen LogP contribution in [0.2, 0.25) is 0 Å². The van der Waals surface area contributed by atoms with Crippen LogP contribution < -0.4 is 11.1 Å².